The van der Waals surface area contributed by atoms with Crippen molar-refractivity contribution in [3.63, 3.8) is 0 Å². The van der Waals surface area contributed by atoms with Crippen molar-refractivity contribution in [2.75, 3.05) is 12.4 Å². The lowest BCUT2D eigenvalue weighted by molar-refractivity contribution is 0.0602. The summed E-state index contributed by atoms with van der Waals surface area (Å²) < 4.78 is 4.93. The van der Waals surface area contributed by atoms with Crippen LogP contribution in [0.25, 0.3) is 27.4 Å². The summed E-state index contributed by atoms with van der Waals surface area (Å²) in [6.45, 7) is 3.71. The van der Waals surface area contributed by atoms with Gasteiger partial charge in [-0.1, -0.05) is 43.0 Å². The highest BCUT2D eigenvalue weighted by Crippen LogP contribution is 2.27. The van der Waals surface area contributed by atoms with E-state index in [9.17, 15) is 9.59 Å². The minimum atomic E-state index is -0.558. The molecule has 0 spiro atoms. The van der Waals surface area contributed by atoms with Crippen molar-refractivity contribution in [2.45, 2.75) is 0 Å². The minimum absolute atomic E-state index is 0.177. The smallest absolute Gasteiger partial charge is 0.340 e. The van der Waals surface area contributed by atoms with Crippen LogP contribution in [-0.2, 0) is 4.74 Å². The molecule has 0 fully saturated rings. The normalized spacial score (nSPS) is 11.7. The highest BCUT2D eigenvalue weighted by Gasteiger charge is 2.18. The number of hydrogen-bond donors (Lipinski definition) is 3. The third kappa shape index (κ3) is 4.35. The van der Waals surface area contributed by atoms with Crippen LogP contribution >= 0.6 is 0 Å². The first-order valence-corrected chi connectivity index (χ1v) is 10.0. The molecule has 2 aromatic heterocycles. The van der Waals surface area contributed by atoms with Crippen LogP contribution in [0.4, 0.5) is 5.95 Å². The summed E-state index contributed by atoms with van der Waals surface area (Å²) in [7, 11) is 1.29. The SMILES string of the molecule is C=C/C=C(\C=C/N)c1cc(C(=O)OC)c2nc(NC(=O)c3cc4ccccc4cn3)[nH]c2c1. The second-order valence-electron chi connectivity index (χ2n) is 7.08. The number of aromatic nitrogens is 3. The molecule has 0 radical (unpaired) electrons. The zero-order valence-electron chi connectivity index (χ0n) is 17.8. The minimum Gasteiger partial charge on any atom is -0.465 e. The van der Waals surface area contributed by atoms with E-state index in [-0.39, 0.29) is 17.2 Å². The number of ether oxygens (including phenoxy) is 1. The summed E-state index contributed by atoms with van der Waals surface area (Å²) >= 11 is 0. The van der Waals surface area contributed by atoms with Crippen molar-refractivity contribution < 1.29 is 14.3 Å². The molecule has 4 rings (SSSR count). The van der Waals surface area contributed by atoms with Crippen LogP contribution in [0.1, 0.15) is 26.4 Å². The molecule has 2 heterocycles. The molecule has 0 aliphatic carbocycles. The molecular weight excluding hydrogens is 418 g/mol. The molecule has 1 amide bonds. The maximum Gasteiger partial charge on any atom is 0.340 e. The zero-order valence-corrected chi connectivity index (χ0v) is 17.8. The third-order valence-corrected chi connectivity index (χ3v) is 4.99. The fourth-order valence-corrected chi connectivity index (χ4v) is 3.47. The Labute approximate surface area is 189 Å². The molecule has 0 bridgehead atoms. The Morgan fingerprint density at radius 3 is 2.70 bits per heavy atom. The molecule has 4 N–H and O–H groups in total. The second-order valence-corrected chi connectivity index (χ2v) is 7.08. The van der Waals surface area contributed by atoms with Gasteiger partial charge in [0.05, 0.1) is 18.2 Å². The fourth-order valence-electron chi connectivity index (χ4n) is 3.47. The number of allylic oxidation sites excluding steroid dienone is 4. The first-order valence-electron chi connectivity index (χ1n) is 10.0. The van der Waals surface area contributed by atoms with Gasteiger partial charge in [-0.25, -0.2) is 9.78 Å². The van der Waals surface area contributed by atoms with Gasteiger partial charge in [-0.2, -0.15) is 0 Å². The summed E-state index contributed by atoms with van der Waals surface area (Å²) in [5.74, 6) is -0.814. The summed E-state index contributed by atoms with van der Waals surface area (Å²) in [5, 5.41) is 4.54. The van der Waals surface area contributed by atoms with E-state index in [2.05, 4.69) is 26.8 Å². The van der Waals surface area contributed by atoms with Crippen LogP contribution in [0, 0.1) is 0 Å². The molecular formula is C25H21N5O3. The lowest BCUT2D eigenvalue weighted by Gasteiger charge is -2.06. The van der Waals surface area contributed by atoms with Crippen LogP contribution in [0.2, 0.25) is 0 Å². The average Bonchev–Trinajstić information content (AvgIpc) is 3.24. The van der Waals surface area contributed by atoms with Crippen molar-refractivity contribution in [3.8, 4) is 0 Å². The number of methoxy groups -OCH3 is 1. The van der Waals surface area contributed by atoms with E-state index in [1.807, 2.05) is 24.3 Å². The monoisotopic (exact) mass is 439 g/mol. The number of nitrogens with zero attached hydrogens (tertiary/aromatic N) is 2. The number of esters is 1. The second kappa shape index (κ2) is 9.19. The van der Waals surface area contributed by atoms with Gasteiger partial charge in [-0.15, -0.1) is 0 Å². The van der Waals surface area contributed by atoms with Crippen LogP contribution in [0.5, 0.6) is 0 Å². The van der Waals surface area contributed by atoms with Gasteiger partial charge in [0, 0.05) is 11.6 Å². The number of fused-ring (bicyclic) bond motifs is 2. The predicted molar refractivity (Wildman–Crippen MR) is 129 cm³/mol. The first kappa shape index (κ1) is 21.5. The molecule has 0 saturated heterocycles. The fraction of sp³-hybridized carbons (Fsp3) is 0.0400. The van der Waals surface area contributed by atoms with Crippen LogP contribution < -0.4 is 11.1 Å². The zero-order chi connectivity index (χ0) is 23.4. The first-order chi connectivity index (χ1) is 16.0. The Morgan fingerprint density at radius 2 is 1.97 bits per heavy atom. The van der Waals surface area contributed by atoms with Gasteiger partial charge in [0.25, 0.3) is 5.91 Å². The predicted octanol–water partition coefficient (Wildman–Crippen LogP) is 4.19. The summed E-state index contributed by atoms with van der Waals surface area (Å²) in [6.07, 6.45) is 8.10. The molecule has 0 aliphatic heterocycles. The molecule has 4 aromatic rings. The Balaban J connectivity index is 1.74. The number of amides is 1. The average molecular weight is 439 g/mol. The Hall–Kier alpha value is -4.72. The summed E-state index contributed by atoms with van der Waals surface area (Å²) in [6, 6.07) is 12.8. The number of carbonyl (C=O) groups is 2. The molecule has 8 heteroatoms. The number of H-pyrrole nitrogens is 1. The standard InChI is InChI=1S/C25H21N5O3/c1-3-6-15(9-10-26)18-11-19(24(32)33-2)22-20(13-18)28-25(29-22)30-23(31)21-12-16-7-4-5-8-17(16)14-27-21/h3-14H,1,26H2,2H3,(H2,28,29,30,31)/b10-9-,15-6+. The van der Waals surface area contributed by atoms with Gasteiger partial charge < -0.3 is 15.5 Å². The number of hydrogen-bond acceptors (Lipinski definition) is 6. The largest absolute Gasteiger partial charge is 0.465 e. The van der Waals surface area contributed by atoms with Crippen molar-refractivity contribution >= 4 is 45.2 Å². The number of benzene rings is 2. The van der Waals surface area contributed by atoms with Gasteiger partial charge in [-0.05, 0) is 47.0 Å². The van der Waals surface area contributed by atoms with Crippen LogP contribution in [0.15, 0.2) is 79.7 Å². The lowest BCUT2D eigenvalue weighted by Crippen LogP contribution is -2.14. The Morgan fingerprint density at radius 1 is 1.18 bits per heavy atom. The molecule has 0 unspecified atom stereocenters. The van der Waals surface area contributed by atoms with Gasteiger partial charge >= 0.3 is 5.97 Å². The third-order valence-electron chi connectivity index (χ3n) is 4.99. The van der Waals surface area contributed by atoms with E-state index in [0.29, 0.717) is 16.6 Å². The van der Waals surface area contributed by atoms with Gasteiger partial charge in [0.2, 0.25) is 5.95 Å². The topological polar surface area (TPSA) is 123 Å². The van der Waals surface area contributed by atoms with Crippen LogP contribution in [0.3, 0.4) is 0 Å². The quantitative estimate of drug-likeness (QED) is 0.306. The van der Waals surface area contributed by atoms with Crippen molar-refractivity contribution in [2.24, 2.45) is 5.73 Å². The van der Waals surface area contributed by atoms with Gasteiger partial charge in [-0.3, -0.25) is 15.1 Å². The Kier molecular flexibility index (Phi) is 5.99. The molecule has 33 heavy (non-hydrogen) atoms. The summed E-state index contributed by atoms with van der Waals surface area (Å²) in [4.78, 5) is 36.9. The van der Waals surface area contributed by atoms with E-state index in [1.165, 1.54) is 13.3 Å². The number of aromatic amines is 1. The number of pyridine rings is 1. The Bertz CT molecular complexity index is 1450. The van der Waals surface area contributed by atoms with Gasteiger partial charge in [0.1, 0.15) is 11.2 Å². The van der Waals surface area contributed by atoms with Crippen molar-refractivity contribution in [1.29, 1.82) is 0 Å². The summed E-state index contributed by atoms with van der Waals surface area (Å²) in [5.41, 5.74) is 8.38. The number of anilines is 1. The van der Waals surface area contributed by atoms with Crippen molar-refractivity contribution in [3.05, 3.63) is 96.5 Å². The van der Waals surface area contributed by atoms with Gasteiger partial charge in [0.15, 0.2) is 0 Å². The van der Waals surface area contributed by atoms with E-state index >= 15 is 0 Å². The maximum atomic E-state index is 12.8. The number of carbonyl (C=O) groups excluding carboxylic acids is 2. The van der Waals surface area contributed by atoms with Crippen molar-refractivity contribution in [1.82, 2.24) is 15.0 Å². The molecule has 8 nitrogen and oxygen atoms in total. The van der Waals surface area contributed by atoms with E-state index < -0.39 is 11.9 Å². The molecule has 0 saturated carbocycles. The van der Waals surface area contributed by atoms with E-state index in [1.54, 1.807) is 42.6 Å². The molecule has 164 valence electrons. The number of rotatable bonds is 6. The van der Waals surface area contributed by atoms with E-state index in [0.717, 1.165) is 16.3 Å². The molecule has 0 aliphatic rings. The van der Waals surface area contributed by atoms with Crippen LogP contribution in [-0.4, -0.2) is 33.9 Å². The number of imidazole rings is 1. The lowest BCUT2D eigenvalue weighted by atomic mass is 10.0. The number of nitrogens with two attached hydrogens (primary N) is 1. The molecule has 2 aromatic carbocycles. The van der Waals surface area contributed by atoms with E-state index in [4.69, 9.17) is 10.5 Å². The highest BCUT2D eigenvalue weighted by molar-refractivity contribution is 6.07. The highest BCUT2D eigenvalue weighted by atomic mass is 16.5. The molecule has 0 atom stereocenters. The number of nitrogens with one attached hydrogen (secondary N) is 2. The maximum absolute atomic E-state index is 12.8.